The van der Waals surface area contributed by atoms with E-state index in [1.54, 1.807) is 36.7 Å². The van der Waals surface area contributed by atoms with Crippen LogP contribution in [-0.2, 0) is 10.0 Å². The smallest absolute Gasteiger partial charge is 0.263 e. The number of rotatable bonds is 6. The molecule has 0 amide bonds. The Morgan fingerprint density at radius 2 is 1.83 bits per heavy atom. The van der Waals surface area contributed by atoms with Crippen LogP contribution in [0.2, 0.25) is 10.0 Å². The predicted octanol–water partition coefficient (Wildman–Crippen LogP) is 4.90. The maximum atomic E-state index is 12.5. The Kier molecular flexibility index (Phi) is 5.82. The summed E-state index contributed by atoms with van der Waals surface area (Å²) in [6.45, 7) is 0. The second-order valence-corrected chi connectivity index (χ2v) is 9.12. The highest BCUT2D eigenvalue weighted by Gasteiger charge is 2.19. The molecular formula is C18H11Cl2N5O3S2. The van der Waals surface area contributed by atoms with Gasteiger partial charge in [0, 0.05) is 27.7 Å². The van der Waals surface area contributed by atoms with Crippen molar-refractivity contribution in [2.24, 2.45) is 0 Å². The number of anilines is 1. The van der Waals surface area contributed by atoms with Crippen LogP contribution in [0.15, 0.2) is 66.1 Å². The third-order valence-corrected chi connectivity index (χ3v) is 6.43. The Labute approximate surface area is 185 Å². The van der Waals surface area contributed by atoms with Gasteiger partial charge in [-0.05, 0) is 42.5 Å². The van der Waals surface area contributed by atoms with Gasteiger partial charge in [-0.1, -0.05) is 23.2 Å². The standard InChI is InChI=1S/C18H11Cl2N5O3S2/c19-12-1-3-16(14(7-12)11-5-6-22-23-9-11)28-17-4-2-13(8-15(17)20)30(26,27)25-18-21-10-24-29-18/h1-10H,(H,21,24,25). The van der Waals surface area contributed by atoms with Crippen molar-refractivity contribution in [2.45, 2.75) is 4.90 Å². The number of benzene rings is 2. The molecule has 4 rings (SSSR count). The molecule has 4 aromatic rings. The second-order valence-electron chi connectivity index (χ2n) is 5.82. The first-order valence-corrected chi connectivity index (χ1v) is 11.3. The van der Waals surface area contributed by atoms with Gasteiger partial charge in [-0.2, -0.15) is 14.6 Å². The topological polar surface area (TPSA) is 107 Å². The molecule has 8 nitrogen and oxygen atoms in total. The van der Waals surface area contributed by atoms with Crippen LogP contribution in [0.1, 0.15) is 0 Å². The lowest BCUT2D eigenvalue weighted by molar-refractivity contribution is 0.484. The number of hydrogen-bond acceptors (Lipinski definition) is 8. The lowest BCUT2D eigenvalue weighted by Gasteiger charge is -2.13. The Morgan fingerprint density at radius 1 is 1.00 bits per heavy atom. The van der Waals surface area contributed by atoms with E-state index in [1.165, 1.54) is 24.5 Å². The SMILES string of the molecule is O=S(=O)(Nc1ncns1)c1ccc(Oc2ccc(Cl)cc2-c2ccnnc2)c(Cl)c1. The quantitative estimate of drug-likeness (QED) is 0.419. The minimum absolute atomic E-state index is 0.0373. The molecule has 0 saturated carbocycles. The first-order valence-electron chi connectivity index (χ1n) is 8.26. The second kappa shape index (κ2) is 8.52. The van der Waals surface area contributed by atoms with Crippen LogP contribution in [0.25, 0.3) is 11.1 Å². The highest BCUT2D eigenvalue weighted by molar-refractivity contribution is 7.93. The van der Waals surface area contributed by atoms with Crippen LogP contribution >= 0.6 is 34.7 Å². The van der Waals surface area contributed by atoms with Crippen LogP contribution in [0.5, 0.6) is 11.5 Å². The van der Waals surface area contributed by atoms with Crippen molar-refractivity contribution < 1.29 is 13.2 Å². The van der Waals surface area contributed by atoms with Gasteiger partial charge in [0.25, 0.3) is 10.0 Å². The molecule has 0 aliphatic heterocycles. The normalized spacial score (nSPS) is 11.3. The molecule has 0 saturated heterocycles. The van der Waals surface area contributed by atoms with Gasteiger partial charge in [-0.25, -0.2) is 13.4 Å². The zero-order valence-corrected chi connectivity index (χ0v) is 18.0. The van der Waals surface area contributed by atoms with Gasteiger partial charge in [-0.15, -0.1) is 0 Å². The van der Waals surface area contributed by atoms with Crippen LogP contribution < -0.4 is 9.46 Å². The molecule has 2 heterocycles. The Morgan fingerprint density at radius 3 is 2.53 bits per heavy atom. The molecule has 0 aliphatic carbocycles. The summed E-state index contributed by atoms with van der Waals surface area (Å²) < 4.78 is 37.0. The van der Waals surface area contributed by atoms with Crippen molar-refractivity contribution >= 4 is 49.9 Å². The summed E-state index contributed by atoms with van der Waals surface area (Å²) in [5, 5.41) is 8.42. The summed E-state index contributed by atoms with van der Waals surface area (Å²) in [5.41, 5.74) is 1.43. The molecule has 1 N–H and O–H groups in total. The molecule has 0 bridgehead atoms. The molecule has 2 aromatic heterocycles. The number of hydrogen-bond donors (Lipinski definition) is 1. The van der Waals surface area contributed by atoms with E-state index in [2.05, 4.69) is 24.3 Å². The molecule has 0 atom stereocenters. The number of halogens is 2. The number of ether oxygens (including phenoxy) is 1. The van der Waals surface area contributed by atoms with E-state index >= 15 is 0 Å². The molecule has 152 valence electrons. The van der Waals surface area contributed by atoms with Crippen LogP contribution in [0.4, 0.5) is 5.13 Å². The van der Waals surface area contributed by atoms with Gasteiger partial charge in [0.1, 0.15) is 17.8 Å². The summed E-state index contributed by atoms with van der Waals surface area (Å²) in [5.74, 6) is 0.744. The number of aromatic nitrogens is 4. The van der Waals surface area contributed by atoms with Crippen LogP contribution in [0, 0.1) is 0 Å². The van der Waals surface area contributed by atoms with Gasteiger partial charge in [0.15, 0.2) is 0 Å². The fourth-order valence-electron chi connectivity index (χ4n) is 2.51. The first kappa shape index (κ1) is 20.5. The van der Waals surface area contributed by atoms with E-state index in [-0.39, 0.29) is 20.8 Å². The van der Waals surface area contributed by atoms with E-state index in [4.69, 9.17) is 27.9 Å². The Bertz CT molecular complexity index is 1290. The molecule has 12 heteroatoms. The maximum Gasteiger partial charge on any atom is 0.263 e. The minimum Gasteiger partial charge on any atom is -0.455 e. The van der Waals surface area contributed by atoms with Crippen molar-refractivity contribution in [1.29, 1.82) is 0 Å². The molecule has 30 heavy (non-hydrogen) atoms. The third-order valence-electron chi connectivity index (χ3n) is 3.85. The van der Waals surface area contributed by atoms with Crippen LogP contribution in [0.3, 0.4) is 0 Å². The average Bonchev–Trinajstić information content (AvgIpc) is 3.23. The van der Waals surface area contributed by atoms with E-state index < -0.39 is 10.0 Å². The Balaban J connectivity index is 1.64. The summed E-state index contributed by atoms with van der Waals surface area (Å²) in [6.07, 6.45) is 4.39. The molecule has 0 unspecified atom stereocenters. The van der Waals surface area contributed by atoms with Gasteiger partial charge < -0.3 is 4.74 Å². The monoisotopic (exact) mass is 479 g/mol. The number of sulfonamides is 1. The minimum atomic E-state index is -3.87. The van der Waals surface area contributed by atoms with Crippen molar-refractivity contribution in [2.75, 3.05) is 4.72 Å². The highest BCUT2D eigenvalue weighted by atomic mass is 35.5. The molecule has 0 fully saturated rings. The zero-order chi connectivity index (χ0) is 21.1. The van der Waals surface area contributed by atoms with Crippen molar-refractivity contribution in [3.8, 4) is 22.6 Å². The first-order chi connectivity index (χ1) is 14.4. The fraction of sp³-hybridized carbons (Fsp3) is 0. The molecule has 2 aromatic carbocycles. The van der Waals surface area contributed by atoms with Gasteiger partial charge in [0.2, 0.25) is 5.13 Å². The van der Waals surface area contributed by atoms with E-state index in [9.17, 15) is 8.42 Å². The van der Waals surface area contributed by atoms with Gasteiger partial charge in [0.05, 0.1) is 22.3 Å². The number of nitrogens with zero attached hydrogens (tertiary/aromatic N) is 4. The predicted molar refractivity (Wildman–Crippen MR) is 115 cm³/mol. The zero-order valence-electron chi connectivity index (χ0n) is 14.9. The maximum absolute atomic E-state index is 12.5. The van der Waals surface area contributed by atoms with Crippen molar-refractivity contribution in [1.82, 2.24) is 19.6 Å². The summed E-state index contributed by atoms with van der Waals surface area (Å²) in [4.78, 5) is 3.77. The summed E-state index contributed by atoms with van der Waals surface area (Å²) >= 11 is 13.4. The molecule has 0 spiro atoms. The fourth-order valence-corrected chi connectivity index (χ4v) is 4.65. The van der Waals surface area contributed by atoms with E-state index in [1.807, 2.05) is 0 Å². The van der Waals surface area contributed by atoms with Gasteiger partial charge in [-0.3, -0.25) is 4.72 Å². The number of nitrogens with one attached hydrogen (secondary N) is 1. The highest BCUT2D eigenvalue weighted by Crippen LogP contribution is 2.38. The molecule has 0 radical (unpaired) electrons. The third kappa shape index (κ3) is 4.51. The largest absolute Gasteiger partial charge is 0.455 e. The average molecular weight is 480 g/mol. The Hall–Kier alpha value is -2.79. The lowest BCUT2D eigenvalue weighted by atomic mass is 10.1. The van der Waals surface area contributed by atoms with Crippen molar-refractivity contribution in [3.05, 3.63) is 71.2 Å². The summed E-state index contributed by atoms with van der Waals surface area (Å²) in [7, 11) is -3.87. The van der Waals surface area contributed by atoms with Gasteiger partial charge >= 0.3 is 0 Å². The lowest BCUT2D eigenvalue weighted by Crippen LogP contribution is -2.12. The van der Waals surface area contributed by atoms with Crippen molar-refractivity contribution in [3.63, 3.8) is 0 Å². The molecular weight excluding hydrogens is 469 g/mol. The van der Waals surface area contributed by atoms with E-state index in [0.29, 0.717) is 16.3 Å². The van der Waals surface area contributed by atoms with E-state index in [0.717, 1.165) is 17.1 Å². The summed E-state index contributed by atoms with van der Waals surface area (Å²) in [6, 6.07) is 11.0. The molecule has 0 aliphatic rings. The van der Waals surface area contributed by atoms with Crippen LogP contribution in [-0.4, -0.2) is 28.0 Å².